The minimum Gasteiger partial charge on any atom is -0.495 e. The molecule has 4 nitrogen and oxygen atoms in total. The Kier molecular flexibility index (Phi) is 5.63. The molecule has 0 aromatic heterocycles. The van der Waals surface area contributed by atoms with Crippen LogP contribution in [-0.2, 0) is 6.42 Å². The van der Waals surface area contributed by atoms with E-state index in [-0.39, 0.29) is 6.03 Å². The summed E-state index contributed by atoms with van der Waals surface area (Å²) in [6.07, 6.45) is 0.784. The van der Waals surface area contributed by atoms with E-state index >= 15 is 0 Å². The maximum absolute atomic E-state index is 11.8. The largest absolute Gasteiger partial charge is 0.495 e. The molecular formula is C16H17BrN2O2. The van der Waals surface area contributed by atoms with Crippen molar-refractivity contribution < 1.29 is 9.53 Å². The fourth-order valence-corrected chi connectivity index (χ4v) is 2.15. The average Bonchev–Trinajstić information content (AvgIpc) is 2.50. The van der Waals surface area contributed by atoms with E-state index < -0.39 is 0 Å². The zero-order valence-electron chi connectivity index (χ0n) is 11.7. The molecule has 0 aliphatic carbocycles. The summed E-state index contributed by atoms with van der Waals surface area (Å²) in [6.45, 7) is 0.572. The molecule has 2 aromatic rings. The Labute approximate surface area is 132 Å². The Morgan fingerprint density at radius 3 is 2.57 bits per heavy atom. The van der Waals surface area contributed by atoms with Gasteiger partial charge in [-0.2, -0.15) is 0 Å². The van der Waals surface area contributed by atoms with Crippen LogP contribution in [-0.4, -0.2) is 19.7 Å². The van der Waals surface area contributed by atoms with Gasteiger partial charge < -0.3 is 15.4 Å². The van der Waals surface area contributed by atoms with E-state index in [4.69, 9.17) is 4.74 Å². The number of hydrogen-bond donors (Lipinski definition) is 2. The standard InChI is InChI=1S/C16H17BrN2O2/c1-21-15-5-3-2-4-14(15)19-16(20)18-11-10-12-6-8-13(17)9-7-12/h2-9H,10-11H2,1H3,(H2,18,19,20). The van der Waals surface area contributed by atoms with Gasteiger partial charge in [-0.3, -0.25) is 0 Å². The van der Waals surface area contributed by atoms with Crippen LogP contribution in [0.3, 0.4) is 0 Å². The number of carbonyl (C=O) groups is 1. The first-order valence-corrected chi connectivity index (χ1v) is 7.40. The van der Waals surface area contributed by atoms with Crippen molar-refractivity contribution in [3.8, 4) is 5.75 Å². The Balaban J connectivity index is 1.81. The Morgan fingerprint density at radius 2 is 1.86 bits per heavy atom. The highest BCUT2D eigenvalue weighted by atomic mass is 79.9. The van der Waals surface area contributed by atoms with Crippen LogP contribution >= 0.6 is 15.9 Å². The SMILES string of the molecule is COc1ccccc1NC(=O)NCCc1ccc(Br)cc1. The smallest absolute Gasteiger partial charge is 0.319 e. The molecule has 0 atom stereocenters. The average molecular weight is 349 g/mol. The maximum Gasteiger partial charge on any atom is 0.319 e. The Bertz CT molecular complexity index is 599. The quantitative estimate of drug-likeness (QED) is 0.862. The number of carbonyl (C=O) groups excluding carboxylic acids is 1. The van der Waals surface area contributed by atoms with Crippen molar-refractivity contribution in [3.05, 3.63) is 58.6 Å². The van der Waals surface area contributed by atoms with Gasteiger partial charge in [0, 0.05) is 11.0 Å². The molecule has 0 saturated heterocycles. The molecule has 0 saturated carbocycles. The number of benzene rings is 2. The number of hydrogen-bond acceptors (Lipinski definition) is 2. The molecule has 0 spiro atoms. The maximum atomic E-state index is 11.8. The monoisotopic (exact) mass is 348 g/mol. The molecule has 0 fully saturated rings. The number of rotatable bonds is 5. The fraction of sp³-hybridized carbons (Fsp3) is 0.188. The lowest BCUT2D eigenvalue weighted by Crippen LogP contribution is -2.30. The summed E-state index contributed by atoms with van der Waals surface area (Å²) in [5, 5.41) is 5.60. The number of ether oxygens (including phenoxy) is 1. The van der Waals surface area contributed by atoms with Crippen molar-refractivity contribution in [1.82, 2.24) is 5.32 Å². The molecule has 110 valence electrons. The predicted octanol–water partition coefficient (Wildman–Crippen LogP) is 3.82. The first-order chi connectivity index (χ1) is 10.2. The second kappa shape index (κ2) is 7.69. The highest BCUT2D eigenvalue weighted by molar-refractivity contribution is 9.10. The molecule has 2 aromatic carbocycles. The van der Waals surface area contributed by atoms with Crippen LogP contribution in [0, 0.1) is 0 Å². The first-order valence-electron chi connectivity index (χ1n) is 6.61. The van der Waals surface area contributed by atoms with Gasteiger partial charge in [-0.05, 0) is 36.2 Å². The van der Waals surface area contributed by atoms with E-state index in [1.165, 1.54) is 5.56 Å². The summed E-state index contributed by atoms with van der Waals surface area (Å²) in [5.41, 5.74) is 1.83. The number of para-hydroxylation sites is 2. The molecule has 21 heavy (non-hydrogen) atoms. The van der Waals surface area contributed by atoms with Gasteiger partial charge in [-0.1, -0.05) is 40.2 Å². The lowest BCUT2D eigenvalue weighted by molar-refractivity contribution is 0.252. The molecule has 5 heteroatoms. The summed E-state index contributed by atoms with van der Waals surface area (Å²) in [4.78, 5) is 11.8. The fourth-order valence-electron chi connectivity index (χ4n) is 1.89. The van der Waals surface area contributed by atoms with E-state index in [9.17, 15) is 4.79 Å². The van der Waals surface area contributed by atoms with Crippen molar-refractivity contribution >= 4 is 27.6 Å². The summed E-state index contributed by atoms with van der Waals surface area (Å²) in [5.74, 6) is 0.639. The molecule has 2 amide bonds. The topological polar surface area (TPSA) is 50.4 Å². The predicted molar refractivity (Wildman–Crippen MR) is 87.9 cm³/mol. The highest BCUT2D eigenvalue weighted by Gasteiger charge is 2.05. The zero-order valence-corrected chi connectivity index (χ0v) is 13.3. The lowest BCUT2D eigenvalue weighted by atomic mass is 10.1. The van der Waals surface area contributed by atoms with Gasteiger partial charge in [-0.25, -0.2) is 4.79 Å². The number of urea groups is 1. The summed E-state index contributed by atoms with van der Waals surface area (Å²) in [6, 6.07) is 15.1. The van der Waals surface area contributed by atoms with E-state index in [2.05, 4.69) is 26.6 Å². The van der Waals surface area contributed by atoms with Crippen molar-refractivity contribution in [3.63, 3.8) is 0 Å². The molecule has 0 unspecified atom stereocenters. The van der Waals surface area contributed by atoms with Crippen LogP contribution in [0.5, 0.6) is 5.75 Å². The van der Waals surface area contributed by atoms with Crippen molar-refractivity contribution in [2.24, 2.45) is 0 Å². The van der Waals surface area contributed by atoms with Gasteiger partial charge in [0.25, 0.3) is 0 Å². The minimum atomic E-state index is -0.239. The highest BCUT2D eigenvalue weighted by Crippen LogP contribution is 2.22. The molecule has 2 rings (SSSR count). The third kappa shape index (κ3) is 4.79. The molecule has 0 radical (unpaired) electrons. The van der Waals surface area contributed by atoms with Crippen LogP contribution in [0.1, 0.15) is 5.56 Å². The second-order valence-electron chi connectivity index (χ2n) is 4.46. The Morgan fingerprint density at radius 1 is 1.14 bits per heavy atom. The van der Waals surface area contributed by atoms with Gasteiger partial charge in [0.05, 0.1) is 12.8 Å². The van der Waals surface area contributed by atoms with Crippen LogP contribution in [0.25, 0.3) is 0 Å². The van der Waals surface area contributed by atoms with E-state index in [1.807, 2.05) is 36.4 Å². The van der Waals surface area contributed by atoms with Crippen molar-refractivity contribution in [1.29, 1.82) is 0 Å². The summed E-state index contributed by atoms with van der Waals surface area (Å²) < 4.78 is 6.23. The van der Waals surface area contributed by atoms with E-state index in [0.29, 0.717) is 18.0 Å². The van der Waals surface area contributed by atoms with Gasteiger partial charge in [0.1, 0.15) is 5.75 Å². The van der Waals surface area contributed by atoms with Crippen LogP contribution < -0.4 is 15.4 Å². The van der Waals surface area contributed by atoms with Gasteiger partial charge >= 0.3 is 6.03 Å². The molecule has 0 aliphatic rings. The molecular weight excluding hydrogens is 332 g/mol. The van der Waals surface area contributed by atoms with Gasteiger partial charge in [0.15, 0.2) is 0 Å². The number of anilines is 1. The lowest BCUT2D eigenvalue weighted by Gasteiger charge is -2.11. The van der Waals surface area contributed by atoms with Crippen LogP contribution in [0.2, 0.25) is 0 Å². The third-order valence-electron chi connectivity index (χ3n) is 2.97. The third-order valence-corrected chi connectivity index (χ3v) is 3.50. The second-order valence-corrected chi connectivity index (χ2v) is 5.37. The zero-order chi connectivity index (χ0) is 15.1. The normalized spacial score (nSPS) is 10.0. The number of nitrogens with one attached hydrogen (secondary N) is 2. The number of halogens is 1. The van der Waals surface area contributed by atoms with E-state index in [1.54, 1.807) is 19.2 Å². The molecule has 0 bridgehead atoms. The summed E-state index contributed by atoms with van der Waals surface area (Å²) in [7, 11) is 1.58. The van der Waals surface area contributed by atoms with Gasteiger partial charge in [-0.15, -0.1) is 0 Å². The number of amides is 2. The van der Waals surface area contributed by atoms with Crippen molar-refractivity contribution in [2.45, 2.75) is 6.42 Å². The first kappa shape index (κ1) is 15.4. The summed E-state index contributed by atoms with van der Waals surface area (Å²) >= 11 is 3.40. The minimum absolute atomic E-state index is 0.239. The molecule has 0 aliphatic heterocycles. The van der Waals surface area contributed by atoms with Crippen LogP contribution in [0.4, 0.5) is 10.5 Å². The van der Waals surface area contributed by atoms with Gasteiger partial charge in [0.2, 0.25) is 0 Å². The number of methoxy groups -OCH3 is 1. The van der Waals surface area contributed by atoms with Crippen molar-refractivity contribution in [2.75, 3.05) is 19.0 Å². The molecule has 2 N–H and O–H groups in total. The van der Waals surface area contributed by atoms with Crippen LogP contribution in [0.15, 0.2) is 53.0 Å². The van der Waals surface area contributed by atoms with E-state index in [0.717, 1.165) is 10.9 Å². The molecule has 0 heterocycles. The Hall–Kier alpha value is -2.01.